The van der Waals surface area contributed by atoms with Crippen LogP contribution in [0.2, 0.25) is 0 Å². The van der Waals surface area contributed by atoms with Crippen molar-refractivity contribution in [2.75, 3.05) is 0 Å². The third-order valence-electron chi connectivity index (χ3n) is 7.18. The molecule has 5 atom stereocenters. The molecule has 1 aliphatic heterocycles. The number of β-lactam (4-membered cyclic amide) rings is 1. The molecule has 1 aliphatic carbocycles. The maximum atomic E-state index is 12.2. The van der Waals surface area contributed by atoms with E-state index in [2.05, 4.69) is 19.6 Å². The molecule has 1 saturated heterocycles. The molecular weight excluding hydrogens is 530 g/mol. The van der Waals surface area contributed by atoms with E-state index in [1.54, 1.807) is 12.1 Å². The van der Waals surface area contributed by atoms with Crippen LogP contribution >= 0.6 is 12.2 Å². The van der Waals surface area contributed by atoms with E-state index in [0.29, 0.717) is 12.0 Å². The van der Waals surface area contributed by atoms with Gasteiger partial charge in [-0.2, -0.15) is 12.7 Å². The number of thiocarbonyl (C=S) groups is 1. The molecule has 9 nitrogen and oxygen atoms in total. The molecule has 0 radical (unpaired) electrons. The molecule has 38 heavy (non-hydrogen) atoms. The minimum absolute atomic E-state index is 0.0410. The second-order valence-electron chi connectivity index (χ2n) is 10.3. The summed E-state index contributed by atoms with van der Waals surface area (Å²) in [6.07, 6.45) is 4.67. The van der Waals surface area contributed by atoms with E-state index >= 15 is 0 Å². The normalized spacial score (nSPS) is 24.3. The number of ether oxygens (including phenoxy) is 2. The van der Waals surface area contributed by atoms with Gasteiger partial charge in [0.2, 0.25) is 6.23 Å². The monoisotopic (exact) mass is 567 g/mol. The summed E-state index contributed by atoms with van der Waals surface area (Å²) in [5, 5.41) is 20.6. The zero-order valence-corrected chi connectivity index (χ0v) is 23.8. The Morgan fingerprint density at radius 1 is 1.32 bits per heavy atom. The molecule has 1 heterocycles. The maximum absolute atomic E-state index is 12.2. The minimum Gasteiger partial charge on any atom is -0.507 e. The van der Waals surface area contributed by atoms with Crippen LogP contribution in [0.15, 0.2) is 35.9 Å². The van der Waals surface area contributed by atoms with Gasteiger partial charge in [-0.3, -0.25) is 9.35 Å². The van der Waals surface area contributed by atoms with Gasteiger partial charge >= 0.3 is 15.5 Å². The molecule has 1 aromatic carbocycles. The van der Waals surface area contributed by atoms with Gasteiger partial charge in [0.15, 0.2) is 0 Å². The van der Waals surface area contributed by atoms with Gasteiger partial charge in [0, 0.05) is 23.7 Å². The summed E-state index contributed by atoms with van der Waals surface area (Å²) in [7, 11) is -4.95. The molecule has 0 bridgehead atoms. The number of aromatic hydroxyl groups is 1. The number of phenolic OH excluding ortho intramolecular Hbond substituents is 1. The van der Waals surface area contributed by atoms with E-state index in [4.69, 9.17) is 21.7 Å². The molecule has 0 spiro atoms. The molecular formula is C27H37NO8S2. The number of hydrogen-bond acceptors (Lipinski definition) is 8. The van der Waals surface area contributed by atoms with Crippen molar-refractivity contribution in [3.8, 4) is 11.5 Å². The number of allylic oxidation sites excluding steroid dienone is 3. The summed E-state index contributed by atoms with van der Waals surface area (Å²) in [5.41, 5.74) is 3.47. The second-order valence-corrected chi connectivity index (χ2v) is 11.9. The number of aliphatic hydroxyl groups excluding tert-OH is 1. The van der Waals surface area contributed by atoms with Crippen molar-refractivity contribution in [1.82, 2.24) is 4.31 Å². The van der Waals surface area contributed by atoms with Crippen molar-refractivity contribution < 1.29 is 37.5 Å². The smallest absolute Gasteiger partial charge is 0.365 e. The molecule has 1 unspecified atom stereocenters. The van der Waals surface area contributed by atoms with Gasteiger partial charge in [-0.05, 0) is 70.1 Å². The van der Waals surface area contributed by atoms with Crippen LogP contribution in [0.1, 0.15) is 76.8 Å². The summed E-state index contributed by atoms with van der Waals surface area (Å²) in [6, 6.07) is 3.51. The number of nitrogens with zero attached hydrogens (tertiary/aromatic N) is 1. The van der Waals surface area contributed by atoms with Crippen molar-refractivity contribution in [3.63, 3.8) is 0 Å². The Labute approximate surface area is 230 Å². The van der Waals surface area contributed by atoms with E-state index < -0.39 is 39.7 Å². The third kappa shape index (κ3) is 6.56. The fourth-order valence-corrected chi connectivity index (χ4v) is 6.17. The summed E-state index contributed by atoms with van der Waals surface area (Å²) in [4.78, 5) is 12.2. The van der Waals surface area contributed by atoms with Gasteiger partial charge in [0.1, 0.15) is 17.4 Å². The lowest BCUT2D eigenvalue weighted by Gasteiger charge is -2.44. The molecule has 1 fully saturated rings. The summed E-state index contributed by atoms with van der Waals surface area (Å²) >= 11 is 5.27. The van der Waals surface area contributed by atoms with E-state index in [1.807, 2.05) is 13.8 Å². The van der Waals surface area contributed by atoms with Gasteiger partial charge in [-0.15, -0.1) is 0 Å². The number of phenols is 1. The Hall–Kier alpha value is -2.47. The number of aliphatic hydroxyl groups is 1. The number of rotatable bonds is 10. The van der Waals surface area contributed by atoms with Crippen LogP contribution in [0.3, 0.4) is 0 Å². The zero-order chi connectivity index (χ0) is 28.4. The fraction of sp³-hybridized carbons (Fsp3) is 0.556. The average Bonchev–Trinajstić information content (AvgIpc) is 2.77. The molecule has 3 rings (SSSR count). The predicted octanol–water partition coefficient (Wildman–Crippen LogP) is 4.79. The lowest BCUT2D eigenvalue weighted by atomic mass is 9.73. The SMILES string of the molecule is C=C(C)[C@@H]1CCC(C)=C[C@H]1c1c(O)cc(CCCCC)cc1OC(=S)OC1[C@@H]([C@@H](C)O)C(=O)N1S(=O)(=O)O. The topological polar surface area (TPSA) is 134 Å². The third-order valence-corrected chi connectivity index (χ3v) is 8.25. The molecule has 11 heteroatoms. The number of hydrogen-bond donors (Lipinski definition) is 3. The lowest BCUT2D eigenvalue weighted by Crippen LogP contribution is -2.67. The van der Waals surface area contributed by atoms with Crippen LogP contribution < -0.4 is 4.74 Å². The van der Waals surface area contributed by atoms with Crippen LogP contribution in [0.4, 0.5) is 0 Å². The number of carbonyl (C=O) groups excluding carboxylic acids is 1. The number of unbranched alkanes of at least 4 members (excludes halogenated alkanes) is 2. The summed E-state index contributed by atoms with van der Waals surface area (Å²) in [6.45, 7) is 11.5. The first kappa shape index (κ1) is 30.1. The van der Waals surface area contributed by atoms with E-state index in [0.717, 1.165) is 43.2 Å². The van der Waals surface area contributed by atoms with Gasteiger partial charge in [-0.25, -0.2) is 0 Å². The number of amides is 1. The quantitative estimate of drug-likeness (QED) is 0.120. The highest BCUT2D eigenvalue weighted by Gasteiger charge is 2.57. The first-order valence-electron chi connectivity index (χ1n) is 12.8. The highest BCUT2D eigenvalue weighted by molar-refractivity contribution is 7.84. The van der Waals surface area contributed by atoms with Crippen molar-refractivity contribution in [1.29, 1.82) is 0 Å². The molecule has 2 aliphatic rings. The highest BCUT2D eigenvalue weighted by Crippen LogP contribution is 2.47. The first-order chi connectivity index (χ1) is 17.8. The van der Waals surface area contributed by atoms with Gasteiger partial charge in [0.25, 0.3) is 5.91 Å². The van der Waals surface area contributed by atoms with Gasteiger partial charge in [-0.1, -0.05) is 43.6 Å². The Balaban J connectivity index is 1.98. The lowest BCUT2D eigenvalue weighted by molar-refractivity contribution is -0.174. The average molecular weight is 568 g/mol. The van der Waals surface area contributed by atoms with Crippen LogP contribution in [-0.2, 0) is 26.3 Å². The Morgan fingerprint density at radius 3 is 2.58 bits per heavy atom. The molecule has 210 valence electrons. The van der Waals surface area contributed by atoms with Crippen LogP contribution in [0, 0.1) is 11.8 Å². The van der Waals surface area contributed by atoms with Crippen molar-refractivity contribution in [2.24, 2.45) is 11.8 Å². The zero-order valence-electron chi connectivity index (χ0n) is 22.2. The molecule has 1 aromatic rings. The maximum Gasteiger partial charge on any atom is 0.365 e. The van der Waals surface area contributed by atoms with Crippen molar-refractivity contribution in [2.45, 2.75) is 84.5 Å². The number of aryl methyl sites for hydroxylation is 1. The standard InChI is InChI=1S/C27H37NO8S2/c1-6-7-8-9-18-13-21(30)24(20-12-16(4)10-11-19(20)15(2)3)22(14-18)35-27(37)36-26-23(17(5)29)25(31)28(26)38(32,33)34/h12-14,17,19-20,23,26,29-30H,2,6-11H2,1,3-5H3,(H,32,33,34)/t17-,19+,20-,23+,26?/m1/s1. The predicted molar refractivity (Wildman–Crippen MR) is 147 cm³/mol. The number of carbonyl (C=O) groups is 1. The van der Waals surface area contributed by atoms with E-state index in [9.17, 15) is 28.0 Å². The largest absolute Gasteiger partial charge is 0.507 e. The summed E-state index contributed by atoms with van der Waals surface area (Å²) in [5.74, 6) is -2.18. The molecule has 0 aromatic heterocycles. The van der Waals surface area contributed by atoms with Crippen molar-refractivity contribution >= 4 is 33.7 Å². The van der Waals surface area contributed by atoms with Crippen LogP contribution in [0.5, 0.6) is 11.5 Å². The Kier molecular flexibility index (Phi) is 9.62. The van der Waals surface area contributed by atoms with E-state index in [-0.39, 0.29) is 27.6 Å². The minimum atomic E-state index is -4.95. The fourth-order valence-electron chi connectivity index (χ4n) is 5.20. The Bertz CT molecular complexity index is 1220. The molecule has 0 saturated carbocycles. The first-order valence-corrected chi connectivity index (χ1v) is 14.6. The van der Waals surface area contributed by atoms with Crippen LogP contribution in [0.25, 0.3) is 0 Å². The summed E-state index contributed by atoms with van der Waals surface area (Å²) < 4.78 is 44.4. The van der Waals surface area contributed by atoms with Gasteiger partial charge < -0.3 is 19.7 Å². The van der Waals surface area contributed by atoms with Gasteiger partial charge in [0.05, 0.1) is 6.10 Å². The second kappa shape index (κ2) is 12.1. The molecule has 3 N–H and O–H groups in total. The van der Waals surface area contributed by atoms with Crippen LogP contribution in [-0.4, -0.2) is 51.0 Å². The molecule has 1 amide bonds. The Morgan fingerprint density at radius 2 is 2.00 bits per heavy atom. The van der Waals surface area contributed by atoms with Crippen molar-refractivity contribution in [3.05, 3.63) is 47.1 Å². The highest BCUT2D eigenvalue weighted by atomic mass is 32.2. The van der Waals surface area contributed by atoms with E-state index in [1.165, 1.54) is 12.5 Å². The number of benzene rings is 1.